The molecule has 1 aliphatic rings. The van der Waals surface area contributed by atoms with Gasteiger partial charge < -0.3 is 15.7 Å². The topological polar surface area (TPSA) is 66.6 Å². The molecule has 5 heteroatoms. The van der Waals surface area contributed by atoms with Crippen molar-refractivity contribution in [1.82, 2.24) is 4.90 Å². The molecule has 1 heterocycles. The zero-order valence-corrected chi connectivity index (χ0v) is 10.3. The number of nitrogen functional groups attached to an aromatic ring is 1. The predicted molar refractivity (Wildman–Crippen MR) is 66.6 cm³/mol. The summed E-state index contributed by atoms with van der Waals surface area (Å²) in [6.45, 7) is 2.61. The van der Waals surface area contributed by atoms with Crippen LogP contribution in [0.25, 0.3) is 0 Å². The molecular formula is C13H17FN2O2. The standard InChI is InChI=1S/C13H17FN2O2/c1-13(18)4-6-16(7-5-13)12(17)10-8-9(15)2-3-11(10)14/h2-3,8,18H,4-7,15H2,1H3. The van der Waals surface area contributed by atoms with E-state index in [0.29, 0.717) is 31.6 Å². The number of anilines is 1. The zero-order chi connectivity index (χ0) is 13.3. The molecular weight excluding hydrogens is 235 g/mol. The number of benzene rings is 1. The molecule has 1 saturated heterocycles. The first-order valence-corrected chi connectivity index (χ1v) is 5.96. The van der Waals surface area contributed by atoms with Gasteiger partial charge in [0, 0.05) is 18.8 Å². The molecule has 1 amide bonds. The molecule has 0 bridgehead atoms. The fourth-order valence-corrected chi connectivity index (χ4v) is 2.07. The molecule has 18 heavy (non-hydrogen) atoms. The second-order valence-corrected chi connectivity index (χ2v) is 5.03. The molecule has 3 N–H and O–H groups in total. The third-order valence-electron chi connectivity index (χ3n) is 3.35. The molecule has 0 unspecified atom stereocenters. The lowest BCUT2D eigenvalue weighted by Crippen LogP contribution is -2.45. The highest BCUT2D eigenvalue weighted by molar-refractivity contribution is 5.95. The number of rotatable bonds is 1. The van der Waals surface area contributed by atoms with E-state index in [1.807, 2.05) is 0 Å². The van der Waals surface area contributed by atoms with E-state index >= 15 is 0 Å². The SMILES string of the molecule is CC1(O)CCN(C(=O)c2cc(N)ccc2F)CC1. The van der Waals surface area contributed by atoms with E-state index in [9.17, 15) is 14.3 Å². The van der Waals surface area contributed by atoms with Gasteiger partial charge in [-0.15, -0.1) is 0 Å². The number of halogens is 1. The Kier molecular flexibility index (Phi) is 3.26. The molecule has 98 valence electrons. The molecule has 0 aromatic heterocycles. The Labute approximate surface area is 105 Å². The summed E-state index contributed by atoms with van der Waals surface area (Å²) in [4.78, 5) is 13.7. The van der Waals surface area contributed by atoms with Crippen LogP contribution in [-0.4, -0.2) is 34.6 Å². The number of carbonyl (C=O) groups excluding carboxylic acids is 1. The van der Waals surface area contributed by atoms with Crippen LogP contribution in [0, 0.1) is 5.82 Å². The minimum atomic E-state index is -0.731. The number of nitrogens with zero attached hydrogens (tertiary/aromatic N) is 1. The van der Waals surface area contributed by atoms with Crippen LogP contribution < -0.4 is 5.73 Å². The number of carbonyl (C=O) groups is 1. The number of piperidine rings is 1. The maximum atomic E-state index is 13.6. The van der Waals surface area contributed by atoms with Crippen LogP contribution in [0.1, 0.15) is 30.1 Å². The molecule has 4 nitrogen and oxygen atoms in total. The monoisotopic (exact) mass is 252 g/mol. The summed E-state index contributed by atoms with van der Waals surface area (Å²) in [5.74, 6) is -0.929. The summed E-state index contributed by atoms with van der Waals surface area (Å²) >= 11 is 0. The van der Waals surface area contributed by atoms with Gasteiger partial charge in [0.1, 0.15) is 5.82 Å². The van der Waals surface area contributed by atoms with Crippen molar-refractivity contribution in [3.63, 3.8) is 0 Å². The van der Waals surface area contributed by atoms with E-state index in [0.717, 1.165) is 0 Å². The van der Waals surface area contributed by atoms with E-state index in [2.05, 4.69) is 0 Å². The number of hydrogen-bond acceptors (Lipinski definition) is 3. The molecule has 1 aromatic carbocycles. The molecule has 1 aromatic rings. The van der Waals surface area contributed by atoms with Gasteiger partial charge in [-0.1, -0.05) is 0 Å². The normalized spacial score (nSPS) is 18.7. The maximum absolute atomic E-state index is 13.6. The number of aliphatic hydroxyl groups is 1. The lowest BCUT2D eigenvalue weighted by atomic mass is 9.93. The van der Waals surface area contributed by atoms with Gasteiger partial charge in [0.25, 0.3) is 5.91 Å². The van der Waals surface area contributed by atoms with Gasteiger partial charge in [-0.3, -0.25) is 4.79 Å². The third kappa shape index (κ3) is 2.61. The average molecular weight is 252 g/mol. The summed E-state index contributed by atoms with van der Waals surface area (Å²) in [6, 6.07) is 3.97. The molecule has 1 fully saturated rings. The van der Waals surface area contributed by atoms with Crippen molar-refractivity contribution in [3.05, 3.63) is 29.6 Å². The Morgan fingerprint density at radius 2 is 2.06 bits per heavy atom. The lowest BCUT2D eigenvalue weighted by Gasteiger charge is -2.35. The molecule has 2 rings (SSSR count). The molecule has 0 atom stereocenters. The fraction of sp³-hybridized carbons (Fsp3) is 0.462. The van der Waals surface area contributed by atoms with E-state index < -0.39 is 11.4 Å². The van der Waals surface area contributed by atoms with Crippen LogP contribution in [0.5, 0.6) is 0 Å². The zero-order valence-electron chi connectivity index (χ0n) is 10.3. The highest BCUT2D eigenvalue weighted by Crippen LogP contribution is 2.23. The fourth-order valence-electron chi connectivity index (χ4n) is 2.07. The number of hydrogen-bond donors (Lipinski definition) is 2. The third-order valence-corrected chi connectivity index (χ3v) is 3.35. The van der Waals surface area contributed by atoms with Crippen LogP contribution >= 0.6 is 0 Å². The van der Waals surface area contributed by atoms with Crippen LogP contribution in [0.15, 0.2) is 18.2 Å². The first-order valence-electron chi connectivity index (χ1n) is 5.96. The van der Waals surface area contributed by atoms with E-state index in [4.69, 9.17) is 5.73 Å². The maximum Gasteiger partial charge on any atom is 0.256 e. The summed E-state index contributed by atoms with van der Waals surface area (Å²) < 4.78 is 13.6. The highest BCUT2D eigenvalue weighted by Gasteiger charge is 2.30. The molecule has 0 spiro atoms. The molecule has 0 saturated carbocycles. The number of likely N-dealkylation sites (tertiary alicyclic amines) is 1. The minimum absolute atomic E-state index is 0.00320. The first-order chi connectivity index (χ1) is 8.39. The Balaban J connectivity index is 2.15. The van der Waals surface area contributed by atoms with Crippen molar-refractivity contribution in [2.75, 3.05) is 18.8 Å². The summed E-state index contributed by atoms with van der Waals surface area (Å²) in [6.07, 6.45) is 1.01. The van der Waals surface area contributed by atoms with Crippen LogP contribution in [0.4, 0.5) is 10.1 Å². The van der Waals surface area contributed by atoms with Crippen molar-refractivity contribution < 1.29 is 14.3 Å². The molecule has 0 radical (unpaired) electrons. The van der Waals surface area contributed by atoms with Gasteiger partial charge in [0.15, 0.2) is 0 Å². The van der Waals surface area contributed by atoms with Crippen LogP contribution in [-0.2, 0) is 0 Å². The van der Waals surface area contributed by atoms with Crippen LogP contribution in [0.3, 0.4) is 0 Å². The van der Waals surface area contributed by atoms with E-state index in [1.165, 1.54) is 18.2 Å². The molecule has 1 aliphatic heterocycles. The number of nitrogens with two attached hydrogens (primary N) is 1. The largest absolute Gasteiger partial charge is 0.399 e. The summed E-state index contributed by atoms with van der Waals surface area (Å²) in [7, 11) is 0. The van der Waals surface area contributed by atoms with Gasteiger partial charge in [-0.2, -0.15) is 0 Å². The van der Waals surface area contributed by atoms with Gasteiger partial charge in [0.2, 0.25) is 0 Å². The van der Waals surface area contributed by atoms with Crippen molar-refractivity contribution >= 4 is 11.6 Å². The summed E-state index contributed by atoms with van der Waals surface area (Å²) in [5, 5.41) is 9.81. The predicted octanol–water partition coefficient (Wildman–Crippen LogP) is 1.39. The minimum Gasteiger partial charge on any atom is -0.399 e. The van der Waals surface area contributed by atoms with Gasteiger partial charge in [-0.25, -0.2) is 4.39 Å². The van der Waals surface area contributed by atoms with Crippen molar-refractivity contribution in [1.29, 1.82) is 0 Å². The quantitative estimate of drug-likeness (QED) is 0.742. The Morgan fingerprint density at radius 3 is 2.67 bits per heavy atom. The van der Waals surface area contributed by atoms with Crippen LogP contribution in [0.2, 0.25) is 0 Å². The first kappa shape index (κ1) is 12.8. The van der Waals surface area contributed by atoms with Crippen molar-refractivity contribution in [3.8, 4) is 0 Å². The van der Waals surface area contributed by atoms with Gasteiger partial charge >= 0.3 is 0 Å². The Hall–Kier alpha value is -1.62. The van der Waals surface area contributed by atoms with Gasteiger partial charge in [0.05, 0.1) is 11.2 Å². The Morgan fingerprint density at radius 1 is 1.44 bits per heavy atom. The highest BCUT2D eigenvalue weighted by atomic mass is 19.1. The average Bonchev–Trinajstić information content (AvgIpc) is 2.31. The van der Waals surface area contributed by atoms with E-state index in [1.54, 1.807) is 11.8 Å². The number of amides is 1. The summed E-state index contributed by atoms with van der Waals surface area (Å²) in [5.41, 5.74) is 5.19. The second kappa shape index (κ2) is 4.57. The smallest absolute Gasteiger partial charge is 0.256 e. The second-order valence-electron chi connectivity index (χ2n) is 5.03. The van der Waals surface area contributed by atoms with Gasteiger partial charge in [-0.05, 0) is 38.0 Å². The van der Waals surface area contributed by atoms with Crippen molar-refractivity contribution in [2.45, 2.75) is 25.4 Å². The molecule has 0 aliphatic carbocycles. The Bertz CT molecular complexity index is 464. The van der Waals surface area contributed by atoms with Crippen molar-refractivity contribution in [2.24, 2.45) is 0 Å². The van der Waals surface area contributed by atoms with E-state index in [-0.39, 0.29) is 11.5 Å². The lowest BCUT2D eigenvalue weighted by molar-refractivity contribution is -0.00213.